The van der Waals surface area contributed by atoms with E-state index in [4.69, 9.17) is 4.74 Å². The molecule has 0 aromatic heterocycles. The van der Waals surface area contributed by atoms with Crippen LogP contribution >= 0.6 is 0 Å². The van der Waals surface area contributed by atoms with Crippen LogP contribution in [0.2, 0.25) is 0 Å². The van der Waals surface area contributed by atoms with E-state index in [2.05, 4.69) is 10.6 Å². The predicted octanol–water partition coefficient (Wildman–Crippen LogP) is 2.98. The van der Waals surface area contributed by atoms with Gasteiger partial charge in [-0.2, -0.15) is 0 Å². The van der Waals surface area contributed by atoms with Gasteiger partial charge in [0, 0.05) is 24.8 Å². The lowest BCUT2D eigenvalue weighted by atomic mass is 10.1. The number of nitrogens with one attached hydrogen (secondary N) is 2. The maximum absolute atomic E-state index is 12.8. The molecule has 0 aliphatic carbocycles. The molecule has 0 bridgehead atoms. The van der Waals surface area contributed by atoms with Gasteiger partial charge in [-0.15, -0.1) is 0 Å². The van der Waals surface area contributed by atoms with Crippen LogP contribution in [0.25, 0.3) is 0 Å². The predicted molar refractivity (Wildman–Crippen MR) is 85.0 cm³/mol. The van der Waals surface area contributed by atoms with E-state index in [1.54, 1.807) is 25.2 Å². The molecule has 0 unspecified atom stereocenters. The molecule has 2 aromatic carbocycles. The molecule has 0 fully saturated rings. The fraction of sp³-hybridized carbons (Fsp3) is 0.235. The summed E-state index contributed by atoms with van der Waals surface area (Å²) in [6.45, 7) is 2.92. The minimum Gasteiger partial charge on any atom is -0.492 e. The van der Waals surface area contributed by atoms with Crippen LogP contribution in [0, 0.1) is 12.7 Å². The fourth-order valence-electron chi connectivity index (χ4n) is 2.09. The van der Waals surface area contributed by atoms with Crippen molar-refractivity contribution in [2.45, 2.75) is 6.92 Å². The van der Waals surface area contributed by atoms with Gasteiger partial charge in [-0.1, -0.05) is 6.07 Å². The molecule has 5 heteroatoms. The molecule has 0 aliphatic heterocycles. The molecule has 0 aliphatic rings. The van der Waals surface area contributed by atoms with Gasteiger partial charge < -0.3 is 15.4 Å². The van der Waals surface area contributed by atoms with Crippen molar-refractivity contribution in [3.63, 3.8) is 0 Å². The lowest BCUT2D eigenvalue weighted by Gasteiger charge is -2.13. The first-order chi connectivity index (χ1) is 10.6. The largest absolute Gasteiger partial charge is 0.492 e. The van der Waals surface area contributed by atoms with Gasteiger partial charge in [-0.05, 0) is 48.9 Å². The Morgan fingerprint density at radius 2 is 1.91 bits per heavy atom. The summed E-state index contributed by atoms with van der Waals surface area (Å²) in [5, 5.41) is 5.86. The van der Waals surface area contributed by atoms with Crippen molar-refractivity contribution in [2.75, 3.05) is 25.5 Å². The molecule has 2 rings (SSSR count). The van der Waals surface area contributed by atoms with Crippen molar-refractivity contribution in [1.82, 2.24) is 5.32 Å². The summed E-state index contributed by atoms with van der Waals surface area (Å²) in [5.41, 5.74) is 2.43. The molecule has 0 atom stereocenters. The normalized spacial score (nSPS) is 10.1. The SMILES string of the molecule is CNC(=O)c1cccc(NCCOc2ccc(F)cc2)c1C. The van der Waals surface area contributed by atoms with Gasteiger partial charge in [0.2, 0.25) is 0 Å². The van der Waals surface area contributed by atoms with Crippen molar-refractivity contribution in [3.8, 4) is 5.75 Å². The molecule has 2 aromatic rings. The average Bonchev–Trinajstić information content (AvgIpc) is 2.54. The number of rotatable bonds is 6. The molecule has 0 spiro atoms. The van der Waals surface area contributed by atoms with Crippen molar-refractivity contribution in [2.24, 2.45) is 0 Å². The highest BCUT2D eigenvalue weighted by Gasteiger charge is 2.09. The van der Waals surface area contributed by atoms with Gasteiger partial charge in [0.05, 0.1) is 0 Å². The topological polar surface area (TPSA) is 50.4 Å². The zero-order valence-corrected chi connectivity index (χ0v) is 12.7. The van der Waals surface area contributed by atoms with Crippen molar-refractivity contribution >= 4 is 11.6 Å². The number of carbonyl (C=O) groups is 1. The second-order valence-corrected chi connectivity index (χ2v) is 4.79. The molecule has 0 saturated heterocycles. The van der Waals surface area contributed by atoms with Gasteiger partial charge in [0.25, 0.3) is 5.91 Å². The summed E-state index contributed by atoms with van der Waals surface area (Å²) in [5.74, 6) is 0.231. The minimum atomic E-state index is -0.285. The number of carbonyl (C=O) groups excluding carboxylic acids is 1. The number of amides is 1. The molecule has 4 nitrogen and oxygen atoms in total. The highest BCUT2D eigenvalue weighted by molar-refractivity contribution is 5.96. The second kappa shape index (κ2) is 7.45. The Morgan fingerprint density at radius 1 is 1.18 bits per heavy atom. The lowest BCUT2D eigenvalue weighted by molar-refractivity contribution is 0.0962. The molecular weight excluding hydrogens is 283 g/mol. The lowest BCUT2D eigenvalue weighted by Crippen LogP contribution is -2.20. The van der Waals surface area contributed by atoms with Crippen LogP contribution in [0.3, 0.4) is 0 Å². The van der Waals surface area contributed by atoms with Gasteiger partial charge in [0.15, 0.2) is 0 Å². The van der Waals surface area contributed by atoms with Gasteiger partial charge in [0.1, 0.15) is 18.2 Å². The van der Waals surface area contributed by atoms with Gasteiger partial charge in [-0.3, -0.25) is 4.79 Å². The van der Waals surface area contributed by atoms with Crippen LogP contribution in [-0.2, 0) is 0 Å². The third kappa shape index (κ3) is 3.97. The zero-order chi connectivity index (χ0) is 15.9. The molecule has 22 heavy (non-hydrogen) atoms. The van der Waals surface area contributed by atoms with E-state index in [1.807, 2.05) is 19.1 Å². The third-order valence-electron chi connectivity index (χ3n) is 3.31. The van der Waals surface area contributed by atoms with E-state index in [9.17, 15) is 9.18 Å². The molecule has 0 radical (unpaired) electrons. The highest BCUT2D eigenvalue weighted by atomic mass is 19.1. The number of benzene rings is 2. The van der Waals surface area contributed by atoms with Crippen LogP contribution < -0.4 is 15.4 Å². The molecule has 116 valence electrons. The zero-order valence-electron chi connectivity index (χ0n) is 12.7. The van der Waals surface area contributed by atoms with Crippen molar-refractivity contribution in [1.29, 1.82) is 0 Å². The van der Waals surface area contributed by atoms with Gasteiger partial charge >= 0.3 is 0 Å². The minimum absolute atomic E-state index is 0.108. The van der Waals surface area contributed by atoms with E-state index in [0.717, 1.165) is 11.3 Å². The summed E-state index contributed by atoms with van der Waals surface area (Å²) in [6, 6.07) is 11.4. The summed E-state index contributed by atoms with van der Waals surface area (Å²) in [7, 11) is 1.61. The monoisotopic (exact) mass is 302 g/mol. The maximum atomic E-state index is 12.8. The van der Waals surface area contributed by atoms with Crippen LogP contribution in [0.4, 0.5) is 10.1 Å². The van der Waals surface area contributed by atoms with E-state index in [-0.39, 0.29) is 11.7 Å². The summed E-state index contributed by atoms with van der Waals surface area (Å²) in [6.07, 6.45) is 0. The third-order valence-corrected chi connectivity index (χ3v) is 3.31. The number of hydrogen-bond acceptors (Lipinski definition) is 3. The summed E-state index contributed by atoms with van der Waals surface area (Å²) < 4.78 is 18.3. The standard InChI is InChI=1S/C17H19FN2O2/c1-12-15(17(21)19-2)4-3-5-16(12)20-10-11-22-14-8-6-13(18)7-9-14/h3-9,20H,10-11H2,1-2H3,(H,19,21). The Hall–Kier alpha value is -2.56. The van der Waals surface area contributed by atoms with Crippen LogP contribution in [0.5, 0.6) is 5.75 Å². The van der Waals surface area contributed by atoms with Crippen molar-refractivity contribution in [3.05, 3.63) is 59.4 Å². The Balaban J connectivity index is 1.89. The first-order valence-corrected chi connectivity index (χ1v) is 7.05. The maximum Gasteiger partial charge on any atom is 0.251 e. The molecule has 0 heterocycles. The Morgan fingerprint density at radius 3 is 2.59 bits per heavy atom. The first kappa shape index (κ1) is 15.8. The number of halogens is 1. The van der Waals surface area contributed by atoms with E-state index in [1.165, 1.54) is 12.1 Å². The van der Waals surface area contributed by atoms with Crippen LogP contribution in [-0.4, -0.2) is 26.1 Å². The average molecular weight is 302 g/mol. The van der Waals surface area contributed by atoms with Crippen LogP contribution in [0.15, 0.2) is 42.5 Å². The smallest absolute Gasteiger partial charge is 0.251 e. The quantitative estimate of drug-likeness (QED) is 0.807. The Labute approximate surface area is 129 Å². The number of hydrogen-bond donors (Lipinski definition) is 2. The van der Waals surface area contributed by atoms with E-state index >= 15 is 0 Å². The fourth-order valence-corrected chi connectivity index (χ4v) is 2.09. The summed E-state index contributed by atoms with van der Waals surface area (Å²) >= 11 is 0. The second-order valence-electron chi connectivity index (χ2n) is 4.79. The molecule has 0 saturated carbocycles. The van der Waals surface area contributed by atoms with E-state index < -0.39 is 0 Å². The van der Waals surface area contributed by atoms with E-state index in [0.29, 0.717) is 24.5 Å². The Kier molecular flexibility index (Phi) is 5.36. The van der Waals surface area contributed by atoms with Gasteiger partial charge in [-0.25, -0.2) is 4.39 Å². The summed E-state index contributed by atoms with van der Waals surface area (Å²) in [4.78, 5) is 11.7. The molecule has 2 N–H and O–H groups in total. The highest BCUT2D eigenvalue weighted by Crippen LogP contribution is 2.18. The molecule has 1 amide bonds. The Bertz CT molecular complexity index is 642. The van der Waals surface area contributed by atoms with Crippen molar-refractivity contribution < 1.29 is 13.9 Å². The molecular formula is C17H19FN2O2. The van der Waals surface area contributed by atoms with Crippen LogP contribution in [0.1, 0.15) is 15.9 Å². The number of anilines is 1. The number of ether oxygens (including phenoxy) is 1. The first-order valence-electron chi connectivity index (χ1n) is 7.05.